The van der Waals surface area contributed by atoms with E-state index in [4.69, 9.17) is 5.73 Å². The largest absolute Gasteiger partial charge is 0.366 e. The van der Waals surface area contributed by atoms with E-state index in [2.05, 4.69) is 15.0 Å². The van der Waals surface area contributed by atoms with Crippen LogP contribution in [-0.4, -0.2) is 25.4 Å². The van der Waals surface area contributed by atoms with Gasteiger partial charge in [0.25, 0.3) is 15.9 Å². The van der Waals surface area contributed by atoms with E-state index in [0.717, 1.165) is 30.8 Å². The van der Waals surface area contributed by atoms with E-state index in [1.54, 1.807) is 0 Å². The van der Waals surface area contributed by atoms with Crippen LogP contribution in [0.2, 0.25) is 0 Å². The summed E-state index contributed by atoms with van der Waals surface area (Å²) in [5, 5.41) is 1.49. The van der Waals surface area contributed by atoms with E-state index in [1.807, 2.05) is 22.6 Å². The minimum Gasteiger partial charge on any atom is -0.366 e. The molecule has 0 unspecified atom stereocenters. The molecule has 0 radical (unpaired) electrons. The molecule has 1 saturated carbocycles. The van der Waals surface area contributed by atoms with Gasteiger partial charge in [0, 0.05) is 22.2 Å². The maximum absolute atomic E-state index is 15.1. The summed E-state index contributed by atoms with van der Waals surface area (Å²) in [6.07, 6.45) is 2.51. The lowest BCUT2D eigenvalue weighted by atomic mass is 9.94. The van der Waals surface area contributed by atoms with Gasteiger partial charge >= 0.3 is 0 Å². The summed E-state index contributed by atoms with van der Waals surface area (Å²) >= 11 is 1.86. The van der Waals surface area contributed by atoms with Crippen LogP contribution in [0.25, 0.3) is 0 Å². The quantitative estimate of drug-likeness (QED) is 0.250. The third-order valence-corrected chi connectivity index (χ3v) is 7.85. The van der Waals surface area contributed by atoms with E-state index in [-0.39, 0.29) is 17.3 Å². The lowest BCUT2D eigenvalue weighted by Gasteiger charge is -2.25. The highest BCUT2D eigenvalue weighted by Gasteiger charge is 2.30. The highest BCUT2D eigenvalue weighted by atomic mass is 127. The highest BCUT2D eigenvalue weighted by Crippen LogP contribution is 2.32. The zero-order valence-corrected chi connectivity index (χ0v) is 21.4. The van der Waals surface area contributed by atoms with Crippen LogP contribution in [0, 0.1) is 26.8 Å². The predicted octanol–water partition coefficient (Wildman–Crippen LogP) is 4.51. The topological polar surface area (TPSA) is 114 Å². The second-order valence-corrected chi connectivity index (χ2v) is 11.1. The van der Waals surface area contributed by atoms with Gasteiger partial charge in [0.1, 0.15) is 5.82 Å². The molecule has 13 heteroatoms. The Labute approximate surface area is 217 Å². The van der Waals surface area contributed by atoms with Crippen molar-refractivity contribution in [3.8, 4) is 0 Å². The summed E-state index contributed by atoms with van der Waals surface area (Å²) in [6, 6.07) is 5.64. The van der Waals surface area contributed by atoms with Crippen LogP contribution in [0.5, 0.6) is 0 Å². The van der Waals surface area contributed by atoms with E-state index >= 15 is 13.2 Å². The predicted molar refractivity (Wildman–Crippen MR) is 132 cm³/mol. The Morgan fingerprint density at radius 1 is 1.06 bits per heavy atom. The van der Waals surface area contributed by atoms with Crippen molar-refractivity contribution in [2.45, 2.75) is 36.8 Å². The number of sulfonamides is 1. The minimum absolute atomic E-state index is 0.224. The second kappa shape index (κ2) is 10.3. The number of carbonyl (C=O) groups excluding carboxylic acids is 1. The van der Waals surface area contributed by atoms with Crippen LogP contribution >= 0.6 is 22.6 Å². The molecule has 4 rings (SSSR count). The number of hydrogen-bond donors (Lipinski definition) is 3. The molecular weight excluding hydrogens is 615 g/mol. The molecule has 1 aliphatic carbocycles. The van der Waals surface area contributed by atoms with Crippen molar-refractivity contribution in [2.24, 2.45) is 5.73 Å². The molecule has 0 aliphatic heterocycles. The number of hydrogen-bond acceptors (Lipinski definition) is 5. The number of benzene rings is 2. The number of anilines is 2. The Balaban J connectivity index is 1.71. The Hall–Kier alpha value is -2.78. The first-order chi connectivity index (χ1) is 17.0. The summed E-state index contributed by atoms with van der Waals surface area (Å²) < 4.78 is 87.4. The molecule has 1 heterocycles. The summed E-state index contributed by atoms with van der Waals surface area (Å²) in [7, 11) is -4.28. The number of rotatable bonds is 8. The molecule has 1 amide bonds. The Kier molecular flexibility index (Phi) is 7.52. The van der Waals surface area contributed by atoms with Crippen LogP contribution in [0.15, 0.2) is 41.6 Å². The number of pyridine rings is 1. The molecule has 1 aliphatic rings. The van der Waals surface area contributed by atoms with Crippen molar-refractivity contribution in [1.29, 1.82) is 0 Å². The summed E-state index contributed by atoms with van der Waals surface area (Å²) in [6.45, 7) is 0. The molecule has 190 valence electrons. The van der Waals surface area contributed by atoms with Crippen molar-refractivity contribution in [3.63, 3.8) is 0 Å². The van der Waals surface area contributed by atoms with Gasteiger partial charge in [0.05, 0.1) is 16.9 Å². The lowest BCUT2D eigenvalue weighted by Crippen LogP contribution is -2.40. The monoisotopic (exact) mass is 634 g/mol. The zero-order chi connectivity index (χ0) is 26.2. The normalized spacial score (nSPS) is 13.9. The fourth-order valence-corrected chi connectivity index (χ4v) is 5.45. The smallest absolute Gasteiger partial charge is 0.261 e. The maximum Gasteiger partial charge on any atom is 0.261 e. The molecule has 0 saturated heterocycles. The van der Waals surface area contributed by atoms with Crippen molar-refractivity contribution >= 4 is 49.9 Å². The molecule has 4 N–H and O–H groups in total. The van der Waals surface area contributed by atoms with E-state index < -0.39 is 67.5 Å². The molecule has 36 heavy (non-hydrogen) atoms. The van der Waals surface area contributed by atoms with Crippen LogP contribution in [0.3, 0.4) is 0 Å². The number of carbonyl (C=O) groups is 1. The molecule has 7 nitrogen and oxygen atoms in total. The molecule has 1 aromatic heterocycles. The van der Waals surface area contributed by atoms with Gasteiger partial charge in [0.2, 0.25) is 5.03 Å². The number of aromatic nitrogens is 1. The van der Waals surface area contributed by atoms with Gasteiger partial charge in [-0.15, -0.1) is 0 Å². The average Bonchev–Trinajstić information content (AvgIpc) is 2.78. The number of halogens is 5. The molecule has 0 atom stereocenters. The van der Waals surface area contributed by atoms with Gasteiger partial charge in [-0.05, 0) is 76.9 Å². The molecule has 2 aromatic carbocycles. The third-order valence-electron chi connectivity index (χ3n) is 5.74. The van der Waals surface area contributed by atoms with Gasteiger partial charge in [-0.3, -0.25) is 4.79 Å². The SMILES string of the molecule is NC(=O)c1cc(Cc2ccnc(S(=O)(=O)NC3CCC3)c2F)c(F)c(F)c1Nc1ccc(I)cc1F. The first kappa shape index (κ1) is 26.3. The number of amides is 1. The number of nitrogens with zero attached hydrogens (tertiary/aromatic N) is 1. The van der Waals surface area contributed by atoms with Crippen molar-refractivity contribution < 1.29 is 30.8 Å². The zero-order valence-electron chi connectivity index (χ0n) is 18.4. The van der Waals surface area contributed by atoms with Crippen molar-refractivity contribution in [1.82, 2.24) is 9.71 Å². The first-order valence-electron chi connectivity index (χ1n) is 10.7. The summed E-state index contributed by atoms with van der Waals surface area (Å²) in [4.78, 5) is 15.6. The minimum atomic E-state index is -4.28. The Morgan fingerprint density at radius 2 is 1.78 bits per heavy atom. The Bertz CT molecular complexity index is 1470. The summed E-state index contributed by atoms with van der Waals surface area (Å²) in [5.41, 5.74) is 3.18. The standard InChI is InChI=1S/C23H19F4IN4O3S/c24-16-10-13(28)4-5-17(16)31-21-15(22(29)33)9-12(18(25)20(21)27)8-11-6-7-30-23(19(11)26)36(34,35)32-14-2-1-3-14/h4-7,9-10,14,31-32H,1-3,8H2,(H2,29,33). The van der Waals surface area contributed by atoms with Crippen LogP contribution in [-0.2, 0) is 16.4 Å². The van der Waals surface area contributed by atoms with Gasteiger partial charge in [-0.1, -0.05) is 6.42 Å². The molecular formula is C23H19F4IN4O3S. The molecule has 0 bridgehead atoms. The first-order valence-corrected chi connectivity index (χ1v) is 13.2. The van der Waals surface area contributed by atoms with Gasteiger partial charge in [-0.2, -0.15) is 0 Å². The second-order valence-electron chi connectivity index (χ2n) is 8.21. The fourth-order valence-electron chi connectivity index (χ4n) is 3.64. The Morgan fingerprint density at radius 3 is 2.39 bits per heavy atom. The van der Waals surface area contributed by atoms with E-state index in [1.165, 1.54) is 12.1 Å². The molecule has 3 aromatic rings. The van der Waals surface area contributed by atoms with E-state index in [9.17, 15) is 17.6 Å². The van der Waals surface area contributed by atoms with Crippen molar-refractivity contribution in [2.75, 3.05) is 5.32 Å². The van der Waals surface area contributed by atoms with Gasteiger partial charge in [0.15, 0.2) is 17.5 Å². The third kappa shape index (κ3) is 5.32. The number of primary amides is 1. The van der Waals surface area contributed by atoms with Crippen LogP contribution in [0.4, 0.5) is 28.9 Å². The number of nitrogens with one attached hydrogen (secondary N) is 2. The van der Waals surface area contributed by atoms with Crippen LogP contribution in [0.1, 0.15) is 40.7 Å². The van der Waals surface area contributed by atoms with Gasteiger partial charge in [-0.25, -0.2) is 35.7 Å². The van der Waals surface area contributed by atoms with Crippen LogP contribution < -0.4 is 15.8 Å². The highest BCUT2D eigenvalue weighted by molar-refractivity contribution is 14.1. The molecule has 0 spiro atoms. The van der Waals surface area contributed by atoms with Gasteiger partial charge < -0.3 is 11.1 Å². The fraction of sp³-hybridized carbons (Fsp3) is 0.217. The van der Waals surface area contributed by atoms with Crippen molar-refractivity contribution in [3.05, 3.63) is 80.1 Å². The van der Waals surface area contributed by atoms with E-state index in [0.29, 0.717) is 16.4 Å². The average molecular weight is 634 g/mol. The lowest BCUT2D eigenvalue weighted by molar-refractivity contribution is 0.100. The maximum atomic E-state index is 15.1. The number of nitrogens with two attached hydrogens (primary N) is 1. The molecule has 1 fully saturated rings. The summed E-state index contributed by atoms with van der Waals surface area (Å²) in [5.74, 6) is -6.13.